The van der Waals surface area contributed by atoms with Crippen molar-refractivity contribution in [2.75, 3.05) is 0 Å². The molecule has 17 heavy (non-hydrogen) atoms. The second-order valence-electron chi connectivity index (χ2n) is 4.11. The lowest BCUT2D eigenvalue weighted by Gasteiger charge is -2.11. The van der Waals surface area contributed by atoms with Crippen molar-refractivity contribution in [3.8, 4) is 16.9 Å². The average Bonchev–Trinajstić information content (AvgIpc) is 2.39. The van der Waals surface area contributed by atoms with Gasteiger partial charge < -0.3 is 5.11 Å². The maximum absolute atomic E-state index is 9.98. The van der Waals surface area contributed by atoms with Gasteiger partial charge in [0.25, 0.3) is 0 Å². The molecular formula is C16H17O. The second kappa shape index (κ2) is 5.05. The molecule has 1 N–H and O–H groups in total. The Hall–Kier alpha value is -1.76. The van der Waals surface area contributed by atoms with Crippen molar-refractivity contribution < 1.29 is 5.11 Å². The Morgan fingerprint density at radius 3 is 2.53 bits per heavy atom. The summed E-state index contributed by atoms with van der Waals surface area (Å²) in [5.41, 5.74) is 4.38. The third-order valence-corrected chi connectivity index (χ3v) is 3.05. The minimum Gasteiger partial charge on any atom is -0.507 e. The van der Waals surface area contributed by atoms with Gasteiger partial charge in [0.05, 0.1) is 0 Å². The molecule has 1 nitrogen and oxygen atoms in total. The first kappa shape index (κ1) is 11.7. The number of hydrogen-bond donors (Lipinski definition) is 1. The van der Waals surface area contributed by atoms with Crippen molar-refractivity contribution in [3.63, 3.8) is 0 Å². The molecule has 0 amide bonds. The van der Waals surface area contributed by atoms with Gasteiger partial charge in [-0.05, 0) is 48.6 Å². The molecule has 0 saturated carbocycles. The predicted molar refractivity (Wildman–Crippen MR) is 72.0 cm³/mol. The fraction of sp³-hybridized carbons (Fsp3) is 0.188. The normalized spacial score (nSPS) is 10.5. The van der Waals surface area contributed by atoms with Crippen molar-refractivity contribution in [1.82, 2.24) is 0 Å². The number of aromatic hydroxyl groups is 1. The van der Waals surface area contributed by atoms with E-state index < -0.39 is 0 Å². The van der Waals surface area contributed by atoms with Crippen LogP contribution in [0.2, 0.25) is 0 Å². The summed E-state index contributed by atoms with van der Waals surface area (Å²) >= 11 is 0. The zero-order chi connectivity index (χ0) is 12.3. The fourth-order valence-corrected chi connectivity index (χ4v) is 2.02. The lowest BCUT2D eigenvalue weighted by molar-refractivity contribution is 0.477. The van der Waals surface area contributed by atoms with Crippen molar-refractivity contribution in [2.24, 2.45) is 0 Å². The summed E-state index contributed by atoms with van der Waals surface area (Å²) in [6.45, 7) is 6.05. The van der Waals surface area contributed by atoms with Crippen LogP contribution in [0.1, 0.15) is 18.1 Å². The first-order valence-corrected chi connectivity index (χ1v) is 5.95. The quantitative estimate of drug-likeness (QED) is 0.837. The molecule has 0 fully saturated rings. The smallest absolute Gasteiger partial charge is 0.123 e. The summed E-state index contributed by atoms with van der Waals surface area (Å²) < 4.78 is 0. The minimum atomic E-state index is 0.336. The zero-order valence-electron chi connectivity index (χ0n) is 10.1. The molecule has 2 aromatic rings. The molecular weight excluding hydrogens is 208 g/mol. The highest BCUT2D eigenvalue weighted by Gasteiger charge is 2.08. The number of rotatable bonds is 3. The predicted octanol–water partition coefficient (Wildman–Crippen LogP) is 4.00. The Labute approximate surface area is 103 Å². The summed E-state index contributed by atoms with van der Waals surface area (Å²) in [6, 6.07) is 13.9. The van der Waals surface area contributed by atoms with E-state index in [4.69, 9.17) is 0 Å². The fourth-order valence-electron chi connectivity index (χ4n) is 2.02. The lowest BCUT2D eigenvalue weighted by Crippen LogP contribution is -1.89. The van der Waals surface area contributed by atoms with Gasteiger partial charge in [0.2, 0.25) is 0 Å². The lowest BCUT2D eigenvalue weighted by atomic mass is 9.95. The van der Waals surface area contributed by atoms with E-state index in [1.54, 1.807) is 6.07 Å². The summed E-state index contributed by atoms with van der Waals surface area (Å²) in [4.78, 5) is 0. The number of phenols is 1. The van der Waals surface area contributed by atoms with E-state index >= 15 is 0 Å². The largest absolute Gasteiger partial charge is 0.507 e. The molecule has 0 heterocycles. The summed E-state index contributed by atoms with van der Waals surface area (Å²) in [7, 11) is 0. The van der Waals surface area contributed by atoms with Crippen LogP contribution in [-0.2, 0) is 12.8 Å². The Kier molecular flexibility index (Phi) is 3.48. The molecule has 0 spiro atoms. The monoisotopic (exact) mass is 225 g/mol. The van der Waals surface area contributed by atoms with Gasteiger partial charge in [0, 0.05) is 5.56 Å². The summed E-state index contributed by atoms with van der Waals surface area (Å²) in [6.07, 6.45) is 1.70. The van der Waals surface area contributed by atoms with E-state index in [1.165, 1.54) is 5.56 Å². The van der Waals surface area contributed by atoms with Crippen LogP contribution >= 0.6 is 0 Å². The Balaban J connectivity index is 2.59. The maximum atomic E-state index is 9.98. The van der Waals surface area contributed by atoms with Crippen LogP contribution in [0.4, 0.5) is 0 Å². The van der Waals surface area contributed by atoms with E-state index in [1.807, 2.05) is 24.3 Å². The van der Waals surface area contributed by atoms with Gasteiger partial charge in [-0.1, -0.05) is 37.3 Å². The maximum Gasteiger partial charge on any atom is 0.123 e. The zero-order valence-corrected chi connectivity index (χ0v) is 10.1. The highest BCUT2D eigenvalue weighted by atomic mass is 16.3. The van der Waals surface area contributed by atoms with Gasteiger partial charge in [-0.15, -0.1) is 0 Å². The van der Waals surface area contributed by atoms with Gasteiger partial charge in [0.1, 0.15) is 5.75 Å². The number of phenolic OH excluding ortho intramolecular Hbond substituents is 1. The van der Waals surface area contributed by atoms with Crippen molar-refractivity contribution in [3.05, 3.63) is 60.5 Å². The van der Waals surface area contributed by atoms with Crippen molar-refractivity contribution >= 4 is 0 Å². The van der Waals surface area contributed by atoms with Gasteiger partial charge in [-0.25, -0.2) is 0 Å². The Bertz CT molecular complexity index is 515. The van der Waals surface area contributed by atoms with Crippen LogP contribution in [0, 0.1) is 6.92 Å². The van der Waals surface area contributed by atoms with Crippen LogP contribution in [-0.4, -0.2) is 5.11 Å². The van der Waals surface area contributed by atoms with Crippen LogP contribution in [0.5, 0.6) is 5.75 Å². The van der Waals surface area contributed by atoms with E-state index in [2.05, 4.69) is 26.0 Å². The van der Waals surface area contributed by atoms with Crippen molar-refractivity contribution in [1.29, 1.82) is 0 Å². The van der Waals surface area contributed by atoms with E-state index in [9.17, 15) is 5.11 Å². The molecule has 2 rings (SSSR count). The molecule has 0 aliphatic carbocycles. The molecule has 0 bridgehead atoms. The van der Waals surface area contributed by atoms with Gasteiger partial charge in [-0.3, -0.25) is 0 Å². The van der Waals surface area contributed by atoms with Crippen LogP contribution < -0.4 is 0 Å². The summed E-state index contributed by atoms with van der Waals surface area (Å²) in [5.74, 6) is 0.336. The number of aryl methyl sites for hydroxylation is 1. The molecule has 87 valence electrons. The third kappa shape index (κ3) is 2.33. The minimum absolute atomic E-state index is 0.336. The topological polar surface area (TPSA) is 20.2 Å². The number of hydrogen-bond acceptors (Lipinski definition) is 1. The van der Waals surface area contributed by atoms with E-state index in [0.29, 0.717) is 5.75 Å². The highest BCUT2D eigenvalue weighted by molar-refractivity contribution is 5.73. The highest BCUT2D eigenvalue weighted by Crippen LogP contribution is 2.32. The van der Waals surface area contributed by atoms with Crippen LogP contribution in [0.25, 0.3) is 11.1 Å². The molecule has 0 unspecified atom stereocenters. The first-order valence-electron chi connectivity index (χ1n) is 5.95. The van der Waals surface area contributed by atoms with E-state index in [-0.39, 0.29) is 0 Å². The third-order valence-electron chi connectivity index (χ3n) is 3.05. The molecule has 0 aliphatic heterocycles. The van der Waals surface area contributed by atoms with E-state index in [0.717, 1.165) is 29.5 Å². The van der Waals surface area contributed by atoms with Gasteiger partial charge in [0.15, 0.2) is 0 Å². The Morgan fingerprint density at radius 2 is 1.82 bits per heavy atom. The van der Waals surface area contributed by atoms with Crippen LogP contribution in [0.15, 0.2) is 42.5 Å². The Morgan fingerprint density at radius 1 is 1.06 bits per heavy atom. The van der Waals surface area contributed by atoms with Gasteiger partial charge in [-0.2, -0.15) is 0 Å². The van der Waals surface area contributed by atoms with Crippen molar-refractivity contribution in [2.45, 2.75) is 19.8 Å². The SMILES string of the molecule is [CH2]Cc1ccccc1-c1cc(CC)ccc1O. The molecule has 2 aromatic carbocycles. The molecule has 0 aromatic heterocycles. The average molecular weight is 225 g/mol. The second-order valence-corrected chi connectivity index (χ2v) is 4.11. The molecule has 1 radical (unpaired) electrons. The van der Waals surface area contributed by atoms with Gasteiger partial charge >= 0.3 is 0 Å². The molecule has 0 saturated heterocycles. The van der Waals surface area contributed by atoms with Crippen LogP contribution in [0.3, 0.4) is 0 Å². The molecule has 0 atom stereocenters. The molecule has 1 heteroatoms. The summed E-state index contributed by atoms with van der Waals surface area (Å²) in [5, 5.41) is 9.98. The molecule has 0 aliphatic rings. The first-order chi connectivity index (χ1) is 8.26. The standard InChI is InChI=1S/C16H17O/c1-3-12-9-10-16(17)15(11-12)14-8-6-5-7-13(14)4-2/h5-11,17H,2-4H2,1H3. The number of benzene rings is 2.